The van der Waals surface area contributed by atoms with E-state index in [0.717, 1.165) is 0 Å². The van der Waals surface area contributed by atoms with Crippen molar-refractivity contribution in [3.8, 4) is 0 Å². The van der Waals surface area contributed by atoms with Crippen LogP contribution in [0.1, 0.15) is 6.42 Å². The molecule has 0 saturated carbocycles. The Balaban J connectivity index is 4.22. The van der Waals surface area contributed by atoms with E-state index in [1.54, 1.807) is 12.3 Å². The maximum Gasteiger partial charge on any atom is 0.159 e. The number of allylic oxidation sites excluding steroid dienone is 1. The van der Waals surface area contributed by atoms with Crippen LogP contribution in [0.2, 0.25) is 0 Å². The van der Waals surface area contributed by atoms with Gasteiger partial charge in [0.05, 0.1) is 0 Å². The van der Waals surface area contributed by atoms with Crippen molar-refractivity contribution >= 4 is 21.6 Å². The molecule has 10 heavy (non-hydrogen) atoms. The number of hydrogen-bond acceptors (Lipinski definition) is 3. The van der Waals surface area contributed by atoms with Crippen LogP contribution in [0.15, 0.2) is 12.7 Å². The summed E-state index contributed by atoms with van der Waals surface area (Å²) in [4.78, 5) is 0. The van der Waals surface area contributed by atoms with E-state index in [2.05, 4.69) is 6.58 Å². The quantitative estimate of drug-likeness (QED) is 0.611. The number of rotatable bonds is 4. The van der Waals surface area contributed by atoms with Crippen LogP contribution in [0.5, 0.6) is 0 Å². The summed E-state index contributed by atoms with van der Waals surface area (Å²) in [5.74, 6) is 0. The molecule has 0 fully saturated rings. The van der Waals surface area contributed by atoms with Gasteiger partial charge in [-0.2, -0.15) is 0 Å². The van der Waals surface area contributed by atoms with E-state index in [1.165, 1.54) is 18.0 Å². The van der Waals surface area contributed by atoms with Gasteiger partial charge in [-0.1, -0.05) is 6.08 Å². The van der Waals surface area contributed by atoms with Crippen LogP contribution >= 0.6 is 11.8 Å². The third-order valence-corrected chi connectivity index (χ3v) is 4.59. The van der Waals surface area contributed by atoms with Gasteiger partial charge in [0.1, 0.15) is 4.58 Å². The highest BCUT2D eigenvalue weighted by Gasteiger charge is 2.16. The second-order valence-electron chi connectivity index (χ2n) is 2.02. The molecule has 0 radical (unpaired) electrons. The minimum Gasteiger partial charge on any atom is -0.228 e. The Bertz CT molecular complexity index is 194. The maximum absolute atomic E-state index is 10.9. The van der Waals surface area contributed by atoms with Gasteiger partial charge in [-0.05, 0) is 12.7 Å². The zero-order chi connectivity index (χ0) is 8.20. The molecule has 1 unspecified atom stereocenters. The molecule has 0 aromatic carbocycles. The summed E-state index contributed by atoms with van der Waals surface area (Å²) in [7, 11) is -2.89. The van der Waals surface area contributed by atoms with E-state index in [1.807, 2.05) is 0 Å². The van der Waals surface area contributed by atoms with Crippen molar-refractivity contribution in [2.24, 2.45) is 0 Å². The zero-order valence-electron chi connectivity index (χ0n) is 6.20. The molecule has 0 aromatic heterocycles. The molecule has 0 aromatic rings. The minimum atomic E-state index is -2.89. The molecule has 0 aliphatic carbocycles. The monoisotopic (exact) mass is 180 g/mol. The normalized spacial score (nSPS) is 14.6. The SMILES string of the molecule is C=CCC(SC)S(C)(=O)=O. The summed E-state index contributed by atoms with van der Waals surface area (Å²) in [5, 5.41) is 0. The predicted molar refractivity (Wildman–Crippen MR) is 47.0 cm³/mol. The Morgan fingerprint density at radius 2 is 2.20 bits per heavy atom. The summed E-state index contributed by atoms with van der Waals surface area (Å²) < 4.78 is 21.5. The van der Waals surface area contributed by atoms with Crippen LogP contribution in [0.25, 0.3) is 0 Å². The summed E-state index contributed by atoms with van der Waals surface area (Å²) >= 11 is 1.34. The zero-order valence-corrected chi connectivity index (χ0v) is 7.83. The van der Waals surface area contributed by atoms with Crippen LogP contribution < -0.4 is 0 Å². The van der Waals surface area contributed by atoms with E-state index < -0.39 is 9.84 Å². The van der Waals surface area contributed by atoms with Crippen molar-refractivity contribution in [1.82, 2.24) is 0 Å². The molecule has 0 aliphatic rings. The molecule has 0 amide bonds. The summed E-state index contributed by atoms with van der Waals surface area (Å²) in [5.41, 5.74) is 0. The molecule has 0 saturated heterocycles. The van der Waals surface area contributed by atoms with Crippen LogP contribution in [0.4, 0.5) is 0 Å². The highest BCUT2D eigenvalue weighted by atomic mass is 32.3. The minimum absolute atomic E-state index is 0.315. The van der Waals surface area contributed by atoms with Crippen LogP contribution in [0, 0.1) is 0 Å². The summed E-state index contributed by atoms with van der Waals surface area (Å²) in [6, 6.07) is 0. The maximum atomic E-state index is 10.9. The molecule has 0 rings (SSSR count). The van der Waals surface area contributed by atoms with E-state index in [-0.39, 0.29) is 4.58 Å². The topological polar surface area (TPSA) is 34.1 Å². The van der Waals surface area contributed by atoms with E-state index in [0.29, 0.717) is 6.42 Å². The van der Waals surface area contributed by atoms with Crippen molar-refractivity contribution in [3.63, 3.8) is 0 Å². The molecule has 0 aliphatic heterocycles. The Morgan fingerprint density at radius 1 is 1.70 bits per heavy atom. The fourth-order valence-corrected chi connectivity index (χ4v) is 2.79. The first kappa shape index (κ1) is 10.0. The van der Waals surface area contributed by atoms with E-state index in [9.17, 15) is 8.42 Å². The van der Waals surface area contributed by atoms with E-state index >= 15 is 0 Å². The van der Waals surface area contributed by atoms with Crippen LogP contribution in [0.3, 0.4) is 0 Å². The average molecular weight is 180 g/mol. The second-order valence-corrected chi connectivity index (χ2v) is 5.59. The molecule has 2 nitrogen and oxygen atoms in total. The lowest BCUT2D eigenvalue weighted by Gasteiger charge is -2.07. The smallest absolute Gasteiger partial charge is 0.159 e. The Morgan fingerprint density at radius 3 is 2.30 bits per heavy atom. The first-order chi connectivity index (χ1) is 4.52. The van der Waals surface area contributed by atoms with Crippen LogP contribution in [-0.4, -0.2) is 25.5 Å². The lowest BCUT2D eigenvalue weighted by molar-refractivity contribution is 0.599. The number of sulfone groups is 1. The van der Waals surface area contributed by atoms with Crippen molar-refractivity contribution in [3.05, 3.63) is 12.7 Å². The predicted octanol–water partition coefficient (Wildman–Crippen LogP) is 1.30. The third-order valence-electron chi connectivity index (χ3n) is 1.10. The van der Waals surface area contributed by atoms with Gasteiger partial charge in [0, 0.05) is 6.26 Å². The highest BCUT2D eigenvalue weighted by molar-refractivity contribution is 8.12. The van der Waals surface area contributed by atoms with Gasteiger partial charge in [-0.25, -0.2) is 8.42 Å². The van der Waals surface area contributed by atoms with Gasteiger partial charge in [-0.3, -0.25) is 0 Å². The van der Waals surface area contributed by atoms with Gasteiger partial charge >= 0.3 is 0 Å². The van der Waals surface area contributed by atoms with Gasteiger partial charge in [0.2, 0.25) is 0 Å². The first-order valence-corrected chi connectivity index (χ1v) is 6.09. The molecule has 1 atom stereocenters. The molecule has 60 valence electrons. The van der Waals surface area contributed by atoms with Gasteiger partial charge in [-0.15, -0.1) is 18.3 Å². The molecular weight excluding hydrogens is 168 g/mol. The fraction of sp³-hybridized carbons (Fsp3) is 0.667. The number of hydrogen-bond donors (Lipinski definition) is 0. The Labute approximate surface area is 66.6 Å². The highest BCUT2D eigenvalue weighted by Crippen LogP contribution is 2.16. The van der Waals surface area contributed by atoms with Crippen molar-refractivity contribution in [2.75, 3.05) is 12.5 Å². The van der Waals surface area contributed by atoms with Crippen molar-refractivity contribution < 1.29 is 8.42 Å². The molecular formula is C6H12O2S2. The van der Waals surface area contributed by atoms with Crippen molar-refractivity contribution in [2.45, 2.75) is 11.0 Å². The lowest BCUT2D eigenvalue weighted by Crippen LogP contribution is -2.14. The molecule has 0 heterocycles. The Hall–Kier alpha value is 0.0400. The molecule has 0 bridgehead atoms. The largest absolute Gasteiger partial charge is 0.228 e. The van der Waals surface area contributed by atoms with Gasteiger partial charge in [0.25, 0.3) is 0 Å². The number of thioether (sulfide) groups is 1. The van der Waals surface area contributed by atoms with Gasteiger partial charge in [0.15, 0.2) is 9.84 Å². The molecule has 4 heteroatoms. The molecule has 0 N–H and O–H groups in total. The first-order valence-electron chi connectivity index (χ1n) is 2.85. The average Bonchev–Trinajstić information content (AvgIpc) is 1.80. The third kappa shape index (κ3) is 3.27. The lowest BCUT2D eigenvalue weighted by atomic mass is 10.5. The summed E-state index contributed by atoms with van der Waals surface area (Å²) in [6.07, 6.45) is 5.19. The standard InChI is InChI=1S/C6H12O2S2/c1-4-5-6(9-2)10(3,7)8/h4,6H,1,5H2,2-3H3. The fourth-order valence-electron chi connectivity index (χ4n) is 0.582. The van der Waals surface area contributed by atoms with E-state index in [4.69, 9.17) is 0 Å². The molecule has 0 spiro atoms. The van der Waals surface area contributed by atoms with Gasteiger partial charge < -0.3 is 0 Å². The Kier molecular flexibility index (Phi) is 4.05. The second kappa shape index (κ2) is 4.03. The van der Waals surface area contributed by atoms with Crippen molar-refractivity contribution in [1.29, 1.82) is 0 Å². The summed E-state index contributed by atoms with van der Waals surface area (Å²) in [6.45, 7) is 3.48. The van der Waals surface area contributed by atoms with Crippen LogP contribution in [-0.2, 0) is 9.84 Å².